The van der Waals surface area contributed by atoms with Gasteiger partial charge in [-0.1, -0.05) is 78.9 Å². The molecule has 4 heterocycles. The molecule has 0 aliphatic carbocycles. The molecule has 226 valence electrons. The summed E-state index contributed by atoms with van der Waals surface area (Å²) in [5.74, 6) is 2.32. The van der Waals surface area contributed by atoms with Gasteiger partial charge in [0.25, 0.3) is 0 Å². The molecule has 0 atom stereocenters. The third-order valence-corrected chi connectivity index (χ3v) is 9.97. The van der Waals surface area contributed by atoms with Gasteiger partial charge in [0, 0.05) is 47.6 Å². The third-order valence-electron chi connectivity index (χ3n) is 8.84. The molecule has 0 spiro atoms. The van der Waals surface area contributed by atoms with Crippen molar-refractivity contribution in [1.29, 1.82) is 0 Å². The van der Waals surface area contributed by atoms with Gasteiger partial charge in [-0.05, 0) is 61.0 Å². The van der Waals surface area contributed by atoms with E-state index in [-0.39, 0.29) is 0 Å². The summed E-state index contributed by atoms with van der Waals surface area (Å²) in [6, 6.07) is 43.0. The molecular formula is C41H24N4O2S. The van der Waals surface area contributed by atoms with E-state index in [2.05, 4.69) is 55.5 Å². The van der Waals surface area contributed by atoms with Crippen molar-refractivity contribution in [2.24, 2.45) is 0 Å². The number of fused-ring (bicyclic) bond motifs is 7. The Morgan fingerprint density at radius 1 is 0.500 bits per heavy atom. The van der Waals surface area contributed by atoms with Crippen LogP contribution < -0.4 is 0 Å². The number of nitrogens with zero attached hydrogens (tertiary/aromatic N) is 4. The number of oxazole rings is 1. The topological polar surface area (TPSA) is 77.8 Å². The van der Waals surface area contributed by atoms with Gasteiger partial charge in [0.15, 0.2) is 23.1 Å². The Morgan fingerprint density at radius 3 is 2.17 bits per heavy atom. The van der Waals surface area contributed by atoms with Crippen molar-refractivity contribution >= 4 is 64.5 Å². The lowest BCUT2D eigenvalue weighted by atomic mass is 10.0. The van der Waals surface area contributed by atoms with E-state index in [1.165, 1.54) is 25.7 Å². The lowest BCUT2D eigenvalue weighted by Crippen LogP contribution is -2.00. The summed E-state index contributed by atoms with van der Waals surface area (Å²) in [5.41, 5.74) is 7.73. The molecular weight excluding hydrogens is 613 g/mol. The van der Waals surface area contributed by atoms with E-state index in [1.54, 1.807) is 0 Å². The molecule has 0 bridgehead atoms. The van der Waals surface area contributed by atoms with E-state index in [1.807, 2.05) is 90.2 Å². The van der Waals surface area contributed by atoms with E-state index in [0.717, 1.165) is 49.7 Å². The Hall–Kier alpha value is -6.18. The molecule has 0 N–H and O–H groups in total. The first-order valence-electron chi connectivity index (χ1n) is 15.7. The van der Waals surface area contributed by atoms with Crippen LogP contribution in [0.15, 0.2) is 136 Å². The Kier molecular flexibility index (Phi) is 5.86. The fraction of sp³-hybridized carbons (Fsp3) is 0.0244. The van der Waals surface area contributed by atoms with Crippen LogP contribution >= 0.6 is 11.3 Å². The molecule has 0 radical (unpaired) electrons. The fourth-order valence-electron chi connectivity index (χ4n) is 6.56. The van der Waals surface area contributed by atoms with Crippen molar-refractivity contribution in [2.45, 2.75) is 6.92 Å². The fourth-order valence-corrected chi connectivity index (χ4v) is 7.74. The first-order chi connectivity index (χ1) is 23.7. The van der Waals surface area contributed by atoms with E-state index < -0.39 is 0 Å². The minimum atomic E-state index is 0.516. The largest absolute Gasteiger partial charge is 0.455 e. The summed E-state index contributed by atoms with van der Waals surface area (Å²) >= 11 is 1.81. The lowest BCUT2D eigenvalue weighted by Gasteiger charge is -2.09. The molecule has 0 unspecified atom stereocenters. The van der Waals surface area contributed by atoms with Gasteiger partial charge >= 0.3 is 0 Å². The number of aryl methyl sites for hydroxylation is 1. The molecule has 10 rings (SSSR count). The monoisotopic (exact) mass is 636 g/mol. The van der Waals surface area contributed by atoms with Crippen molar-refractivity contribution in [2.75, 3.05) is 0 Å². The quantitative estimate of drug-likeness (QED) is 0.191. The zero-order chi connectivity index (χ0) is 31.8. The van der Waals surface area contributed by atoms with Gasteiger partial charge < -0.3 is 8.83 Å². The standard InChI is InChI=1S/C41H24N4O2S/c1-23-17-19-26-30-22-25(18-20-34(30)48-35(26)21-23)39-43-38(24-9-3-2-4-10-24)44-40(45-39)28-12-8-16-33-36(28)27-11-7-13-29(37(27)46-33)41-42-31-14-5-6-15-32(31)47-41/h2-22H,1H3. The lowest BCUT2D eigenvalue weighted by molar-refractivity contribution is 0.615. The number of para-hydroxylation sites is 3. The van der Waals surface area contributed by atoms with Crippen molar-refractivity contribution in [3.8, 4) is 45.6 Å². The molecule has 0 aliphatic heterocycles. The van der Waals surface area contributed by atoms with Crippen LogP contribution in [0.5, 0.6) is 0 Å². The minimum absolute atomic E-state index is 0.516. The summed E-state index contributed by atoms with van der Waals surface area (Å²) in [5, 5.41) is 4.30. The maximum Gasteiger partial charge on any atom is 0.231 e. The zero-order valence-corrected chi connectivity index (χ0v) is 26.5. The van der Waals surface area contributed by atoms with Crippen LogP contribution in [-0.2, 0) is 0 Å². The SMILES string of the molecule is Cc1ccc2c(c1)sc1ccc(-c3nc(-c4ccccc4)nc(-c4cccc5oc6c(-c7nc8ccccc8o7)cccc6c45)n3)cc12. The van der Waals surface area contributed by atoms with Gasteiger partial charge in [-0.3, -0.25) is 0 Å². The second-order valence-electron chi connectivity index (χ2n) is 11.9. The van der Waals surface area contributed by atoms with Gasteiger partial charge in [0.05, 0.1) is 5.56 Å². The molecule has 0 saturated heterocycles. The molecule has 6 aromatic carbocycles. The van der Waals surface area contributed by atoms with E-state index >= 15 is 0 Å². The summed E-state index contributed by atoms with van der Waals surface area (Å²) in [6.45, 7) is 2.13. The van der Waals surface area contributed by atoms with Crippen LogP contribution in [0.25, 0.3) is 98.8 Å². The second kappa shape index (κ2) is 10.4. The predicted octanol–water partition coefficient (Wildman–Crippen LogP) is 11.3. The Morgan fingerprint density at radius 2 is 1.27 bits per heavy atom. The Bertz CT molecular complexity index is 2830. The number of hydrogen-bond donors (Lipinski definition) is 0. The maximum absolute atomic E-state index is 6.54. The number of benzene rings is 6. The van der Waals surface area contributed by atoms with Gasteiger partial charge in [0.2, 0.25) is 5.89 Å². The molecule has 0 amide bonds. The average Bonchev–Trinajstić information content (AvgIpc) is 3.84. The number of furan rings is 1. The van der Waals surface area contributed by atoms with Crippen molar-refractivity contribution in [1.82, 2.24) is 19.9 Å². The molecule has 4 aromatic heterocycles. The van der Waals surface area contributed by atoms with Crippen LogP contribution in [0.1, 0.15) is 5.56 Å². The van der Waals surface area contributed by atoms with Crippen LogP contribution in [-0.4, -0.2) is 19.9 Å². The number of hydrogen-bond acceptors (Lipinski definition) is 7. The van der Waals surface area contributed by atoms with E-state index in [4.69, 9.17) is 28.8 Å². The first-order valence-corrected chi connectivity index (χ1v) is 16.5. The van der Waals surface area contributed by atoms with Crippen LogP contribution in [0.3, 0.4) is 0 Å². The Balaban J connectivity index is 1.19. The average molecular weight is 637 g/mol. The third kappa shape index (κ3) is 4.25. The van der Waals surface area contributed by atoms with E-state index in [0.29, 0.717) is 28.9 Å². The van der Waals surface area contributed by atoms with Crippen LogP contribution in [0.2, 0.25) is 0 Å². The molecule has 0 saturated carbocycles. The summed E-state index contributed by atoms with van der Waals surface area (Å²) in [7, 11) is 0. The molecule has 48 heavy (non-hydrogen) atoms. The van der Waals surface area contributed by atoms with Crippen molar-refractivity contribution in [3.63, 3.8) is 0 Å². The summed E-state index contributed by atoms with van der Waals surface area (Å²) in [6.07, 6.45) is 0. The highest BCUT2D eigenvalue weighted by Crippen LogP contribution is 2.41. The summed E-state index contributed by atoms with van der Waals surface area (Å²) < 4.78 is 15.2. The predicted molar refractivity (Wildman–Crippen MR) is 194 cm³/mol. The number of thiophene rings is 1. The van der Waals surface area contributed by atoms with Gasteiger partial charge in [-0.2, -0.15) is 0 Å². The molecule has 7 heteroatoms. The van der Waals surface area contributed by atoms with E-state index in [9.17, 15) is 0 Å². The van der Waals surface area contributed by atoms with Gasteiger partial charge in [-0.25, -0.2) is 19.9 Å². The number of aromatic nitrogens is 4. The van der Waals surface area contributed by atoms with Crippen molar-refractivity contribution in [3.05, 3.63) is 133 Å². The van der Waals surface area contributed by atoms with Crippen LogP contribution in [0.4, 0.5) is 0 Å². The normalized spacial score (nSPS) is 11.9. The maximum atomic E-state index is 6.54. The van der Waals surface area contributed by atoms with Gasteiger partial charge in [-0.15, -0.1) is 11.3 Å². The highest BCUT2D eigenvalue weighted by Gasteiger charge is 2.21. The molecule has 0 aliphatic rings. The highest BCUT2D eigenvalue weighted by atomic mass is 32.1. The zero-order valence-electron chi connectivity index (χ0n) is 25.6. The highest BCUT2D eigenvalue weighted by molar-refractivity contribution is 7.25. The molecule has 6 nitrogen and oxygen atoms in total. The molecule has 0 fully saturated rings. The number of rotatable bonds is 4. The van der Waals surface area contributed by atoms with Crippen molar-refractivity contribution < 1.29 is 8.83 Å². The van der Waals surface area contributed by atoms with Gasteiger partial charge in [0.1, 0.15) is 16.7 Å². The summed E-state index contributed by atoms with van der Waals surface area (Å²) in [4.78, 5) is 20.0. The second-order valence-corrected chi connectivity index (χ2v) is 13.0. The molecule has 10 aromatic rings. The minimum Gasteiger partial charge on any atom is -0.455 e. The first kappa shape index (κ1) is 27.0. The smallest absolute Gasteiger partial charge is 0.231 e. The Labute approximate surface area is 278 Å². The van der Waals surface area contributed by atoms with Crippen LogP contribution in [0, 0.1) is 6.92 Å².